The predicted octanol–water partition coefficient (Wildman–Crippen LogP) is 19.2. The molecular weight excluding hydrogens is 2200 g/mol. The second-order valence-electron chi connectivity index (χ2n) is 27.1. The number of anilines is 3. The van der Waals surface area contributed by atoms with Gasteiger partial charge >= 0.3 is 42.1 Å². The smallest absolute Gasteiger partial charge is 0.445 e. The van der Waals surface area contributed by atoms with Crippen molar-refractivity contribution in [3.8, 4) is 56.3 Å². The van der Waals surface area contributed by atoms with Gasteiger partial charge in [0.25, 0.3) is 0 Å². The van der Waals surface area contributed by atoms with Gasteiger partial charge in [-0.2, -0.15) is 0 Å². The summed E-state index contributed by atoms with van der Waals surface area (Å²) in [7, 11) is 0. The van der Waals surface area contributed by atoms with E-state index in [0.29, 0.717) is 37.1 Å². The first-order valence-electron chi connectivity index (χ1n) is 37.2. The summed E-state index contributed by atoms with van der Waals surface area (Å²) in [4.78, 5) is 52.2. The minimum Gasteiger partial charge on any atom is -0.445 e. The Labute approximate surface area is 739 Å². The second-order valence-corrected chi connectivity index (χ2v) is 27.1. The fourth-order valence-electron chi connectivity index (χ4n) is 13.0. The Morgan fingerprint density at radius 1 is 0.432 bits per heavy atom. The molecule has 0 bridgehead atoms. The van der Waals surface area contributed by atoms with Crippen molar-refractivity contribution in [2.75, 3.05) is 18.0 Å². The molecule has 0 aliphatic heterocycles. The first kappa shape index (κ1) is 89.3. The molecule has 0 amide bonds. The van der Waals surface area contributed by atoms with Crippen molar-refractivity contribution in [3.63, 3.8) is 0 Å². The molecule has 2 radical (unpaired) electrons. The second kappa shape index (κ2) is 43.9. The Hall–Kier alpha value is -11.1. The summed E-state index contributed by atoms with van der Waals surface area (Å²) < 4.78 is 57.5. The van der Waals surface area contributed by atoms with Crippen LogP contribution in [0.5, 0.6) is 0 Å². The van der Waals surface area contributed by atoms with Gasteiger partial charge in [-0.05, 0) is 137 Å². The minimum atomic E-state index is -0.789. The molecule has 0 unspecified atom stereocenters. The normalized spacial score (nSPS) is 10.8. The van der Waals surface area contributed by atoms with E-state index in [1.807, 2.05) is 144 Å². The quantitative estimate of drug-likeness (QED) is 0.0338. The number of hydrogen-bond donors (Lipinski definition) is 0. The maximum Gasteiger partial charge on any atom is 2.00 e. The first-order valence-corrected chi connectivity index (χ1v) is 37.2. The minimum absolute atomic E-state index is 0. The van der Waals surface area contributed by atoms with Crippen molar-refractivity contribution in [1.29, 1.82) is 0 Å². The summed E-state index contributed by atoms with van der Waals surface area (Å²) in [5.74, 6) is -0.606. The Morgan fingerprint density at radius 3 is 1.42 bits per heavy atom. The summed E-state index contributed by atoms with van der Waals surface area (Å²) >= 11 is 0. The molecule has 17 rings (SSSR count). The Kier molecular flexibility index (Phi) is 33.2. The summed E-state index contributed by atoms with van der Waals surface area (Å²) in [5.41, 5.74) is 10.9. The van der Waals surface area contributed by atoms with Crippen LogP contribution in [0.1, 0.15) is 61.6 Å². The van der Waals surface area contributed by atoms with Crippen molar-refractivity contribution < 1.29 is 105 Å². The van der Waals surface area contributed by atoms with Crippen LogP contribution in [0.25, 0.3) is 77.8 Å². The molecule has 0 spiro atoms. The molecular formula is C95H76F4Ir2N15Pt2-3. The molecule has 0 saturated carbocycles. The van der Waals surface area contributed by atoms with Gasteiger partial charge in [0.1, 0.15) is 11.6 Å². The van der Waals surface area contributed by atoms with E-state index < -0.39 is 28.7 Å². The molecule has 600 valence electrons. The zero-order valence-corrected chi connectivity index (χ0v) is 73.5. The molecule has 9 aromatic heterocycles. The zero-order valence-electron chi connectivity index (χ0n) is 64.1. The molecule has 0 aliphatic rings. The van der Waals surface area contributed by atoms with Crippen LogP contribution in [0.4, 0.5) is 34.9 Å². The molecule has 0 N–H and O–H groups in total. The van der Waals surface area contributed by atoms with Crippen molar-refractivity contribution in [1.82, 2.24) is 64.7 Å². The van der Waals surface area contributed by atoms with Crippen LogP contribution in [0, 0.1) is 53.6 Å². The van der Waals surface area contributed by atoms with E-state index in [0.717, 1.165) is 146 Å². The van der Waals surface area contributed by atoms with Gasteiger partial charge in [-0.15, -0.1) is 138 Å². The van der Waals surface area contributed by atoms with Crippen LogP contribution >= 0.6 is 0 Å². The van der Waals surface area contributed by atoms with Gasteiger partial charge in [0.2, 0.25) is 0 Å². The van der Waals surface area contributed by atoms with E-state index >= 15 is 0 Å². The van der Waals surface area contributed by atoms with Gasteiger partial charge in [0.05, 0.1) is 5.69 Å². The number of para-hydroxylation sites is 1. The summed E-state index contributed by atoms with van der Waals surface area (Å²) in [5, 5.41) is 8.91. The first-order chi connectivity index (χ1) is 55.8. The number of hydrogen-bond acceptors (Lipinski definition) is 11. The number of rotatable bonds is 23. The number of fused-ring (bicyclic) bond motifs is 2. The van der Waals surface area contributed by atoms with Gasteiger partial charge in [-0.25, -0.2) is 4.90 Å². The standard InChI is InChI=1S/C33H24N2.C28H15F4N3.C21H25N9.C13H12N.2Ir.2Pt/c1-33(2,29-21-25-17-9-11-19-27(25)31(34-29)23-13-5-3-6-14-23)30-22-26-18-10-12-20-28(26)32(35-30)24-15-7-4-8-16-24;29-18-12-14-21(23(31)16-18)25-8-4-10-27(33-25)35(20-6-2-1-3-7-20)28-11-5-9-26(34-28)22-15-13-19(30)17-24(22)32;1-2-6-22-19(5-1)15-28(16-20-23-8-9-24-20)12-4-13-29(17-21-25-10-11-26-21)18-30-14-3-7-27-30;1-2-12-9-6-10-13(14-12)11-7-4-3-5-8-11;;;;/h3-13,15,17-22H,1-2H3;1-13,16-17H;1-3,5-11,14H,4,12-13,15-18H2;3-7,9-10H,2H2,1H3;;;;/q3*-2;-1;;;2*+2. The molecule has 15 nitrogen and oxygen atoms in total. The largest absolute Gasteiger partial charge is 2.00 e. The number of aryl methyl sites for hydroxylation is 1. The molecule has 0 saturated heterocycles. The van der Waals surface area contributed by atoms with E-state index in [2.05, 4.69) is 185 Å². The third kappa shape index (κ3) is 23.4. The van der Waals surface area contributed by atoms with Gasteiger partial charge in [0, 0.05) is 131 Å². The van der Waals surface area contributed by atoms with Gasteiger partial charge < -0.3 is 30.0 Å². The van der Waals surface area contributed by atoms with Gasteiger partial charge in [-0.3, -0.25) is 57.0 Å². The molecule has 0 atom stereocenters. The van der Waals surface area contributed by atoms with Crippen molar-refractivity contribution in [3.05, 3.63) is 398 Å². The van der Waals surface area contributed by atoms with E-state index in [-0.39, 0.29) is 105 Å². The van der Waals surface area contributed by atoms with Crippen LogP contribution in [-0.4, -0.2) is 62.8 Å². The van der Waals surface area contributed by atoms with Gasteiger partial charge in [-0.1, -0.05) is 176 Å². The van der Waals surface area contributed by atoms with Crippen LogP contribution in [0.15, 0.2) is 310 Å². The maximum absolute atomic E-state index is 14.4. The molecule has 17 aromatic rings. The SMILES string of the molecule is CC(C)(c1cc2ccccc2c(-c2[c-]cccc2)n1)c1cc2ccccc2c(-c2[c-]cccc2)n1.CCc1cccc(-c2[c-]cccc2)n1.Fc1c[c-]c(-c2cccc(N(c3ccccc3)c3cccc(-c4[c-]cc(F)cc4F)n3)n2)c(F)c1.[Ir].[Ir].[Pt+2].[Pt+2].c1ccc(CN(CCCN(Cc2ncc[n-]2)C[n+]2ccc[n-]2)Cc2ncc[n-]2)nc1. The topological polar surface area (TPSA) is 159 Å². The van der Waals surface area contributed by atoms with Crippen molar-refractivity contribution >= 4 is 38.9 Å². The van der Waals surface area contributed by atoms with Crippen molar-refractivity contribution in [2.45, 2.75) is 65.3 Å². The number of benzene rings is 8. The van der Waals surface area contributed by atoms with E-state index in [1.165, 1.54) is 0 Å². The fraction of sp³-hybridized carbons (Fsp3) is 0.126. The Balaban J connectivity index is 0.000000170. The van der Waals surface area contributed by atoms with Crippen LogP contribution < -0.4 is 24.6 Å². The summed E-state index contributed by atoms with van der Waals surface area (Å²) in [6.45, 7) is 11.2. The fourth-order valence-corrected chi connectivity index (χ4v) is 13.0. The van der Waals surface area contributed by atoms with E-state index in [1.54, 1.807) is 72.3 Å². The molecule has 23 heteroatoms. The molecule has 118 heavy (non-hydrogen) atoms. The zero-order chi connectivity index (χ0) is 78.4. The predicted molar refractivity (Wildman–Crippen MR) is 436 cm³/mol. The van der Waals surface area contributed by atoms with Crippen LogP contribution in [0.2, 0.25) is 0 Å². The average Bonchev–Trinajstić information content (AvgIpc) is 0.756. The third-order valence-corrected chi connectivity index (χ3v) is 18.7. The molecule has 8 aromatic carbocycles. The van der Waals surface area contributed by atoms with Gasteiger partial charge in [0.15, 0.2) is 12.9 Å². The van der Waals surface area contributed by atoms with Crippen molar-refractivity contribution in [2.24, 2.45) is 0 Å². The van der Waals surface area contributed by atoms with Crippen LogP contribution in [-0.2, 0) is 120 Å². The van der Waals surface area contributed by atoms with E-state index in [9.17, 15) is 17.6 Å². The molecule has 0 fully saturated rings. The number of aromatic nitrogens is 12. The maximum atomic E-state index is 14.4. The molecule has 0 aliphatic carbocycles. The van der Waals surface area contributed by atoms with E-state index in [4.69, 9.17) is 9.97 Å². The summed E-state index contributed by atoms with van der Waals surface area (Å²) in [6.07, 6.45) is 14.5. The monoisotopic (exact) mass is 2280 g/mol. The number of nitrogens with zero attached hydrogens (tertiary/aromatic N) is 15. The third-order valence-electron chi connectivity index (χ3n) is 18.7. The summed E-state index contributed by atoms with van der Waals surface area (Å²) in [6, 6.07) is 97.1. The molecule has 9 heterocycles. The number of halogens is 4. The Bertz CT molecular complexity index is 5660. The number of imidazole rings is 2. The number of pyridine rings is 6. The van der Waals surface area contributed by atoms with Crippen LogP contribution in [0.3, 0.4) is 0 Å². The Morgan fingerprint density at radius 2 is 0.924 bits per heavy atom. The average molecular weight is 2280 g/mol.